The van der Waals surface area contributed by atoms with Crippen molar-refractivity contribution >= 4 is 5.97 Å². The van der Waals surface area contributed by atoms with E-state index >= 15 is 0 Å². The quantitative estimate of drug-likeness (QED) is 0.320. The van der Waals surface area contributed by atoms with Crippen molar-refractivity contribution in [3.05, 3.63) is 47.1 Å². The smallest absolute Gasteiger partial charge is 0.316 e. The van der Waals surface area contributed by atoms with E-state index in [0.29, 0.717) is 48.7 Å². The van der Waals surface area contributed by atoms with Crippen molar-refractivity contribution in [1.82, 2.24) is 0 Å². The molecule has 1 aliphatic carbocycles. The molecule has 0 amide bonds. The zero-order valence-corrected chi connectivity index (χ0v) is 26.0. The van der Waals surface area contributed by atoms with E-state index in [1.807, 2.05) is 26.0 Å². The van der Waals surface area contributed by atoms with Crippen LogP contribution in [0.4, 0.5) is 0 Å². The van der Waals surface area contributed by atoms with Gasteiger partial charge in [0.1, 0.15) is 29.8 Å². The second kappa shape index (κ2) is 12.3. The van der Waals surface area contributed by atoms with Crippen molar-refractivity contribution < 1.29 is 39.1 Å². The average molecular weight is 587 g/mol. The summed E-state index contributed by atoms with van der Waals surface area (Å²) in [4.78, 5) is 14.0. The molecular weight excluding hydrogens is 536 g/mol. The van der Waals surface area contributed by atoms with Crippen molar-refractivity contribution in [3.8, 4) is 0 Å². The normalized spacial score (nSPS) is 48.6. The summed E-state index contributed by atoms with van der Waals surface area (Å²) in [5, 5.41) is 34.0. The summed E-state index contributed by atoms with van der Waals surface area (Å²) in [6.07, 6.45) is 9.73. The van der Waals surface area contributed by atoms with Gasteiger partial charge in [0.2, 0.25) is 0 Å². The van der Waals surface area contributed by atoms with E-state index < -0.39 is 47.7 Å². The van der Waals surface area contributed by atoms with E-state index in [4.69, 9.17) is 18.9 Å². The number of hydrogen-bond donors (Lipinski definition) is 3. The van der Waals surface area contributed by atoms with Crippen molar-refractivity contribution in [3.63, 3.8) is 0 Å². The fraction of sp³-hybridized carbons (Fsp3) is 0.735. The summed E-state index contributed by atoms with van der Waals surface area (Å²) < 4.78 is 25.7. The zero-order chi connectivity index (χ0) is 30.4. The van der Waals surface area contributed by atoms with Crippen LogP contribution in [-0.4, -0.2) is 75.9 Å². The zero-order valence-electron chi connectivity index (χ0n) is 26.0. The minimum Gasteiger partial charge on any atom is -0.462 e. The maximum atomic E-state index is 14.0. The number of rotatable bonds is 2. The Kier molecular flexibility index (Phi) is 9.25. The Morgan fingerprint density at radius 3 is 2.60 bits per heavy atom. The van der Waals surface area contributed by atoms with Crippen LogP contribution in [0, 0.1) is 23.7 Å². The minimum absolute atomic E-state index is 0.0404. The summed E-state index contributed by atoms with van der Waals surface area (Å²) in [5.41, 5.74) is 0.156. The summed E-state index contributed by atoms with van der Waals surface area (Å²) in [6.45, 7) is 12.3. The van der Waals surface area contributed by atoms with Gasteiger partial charge in [0, 0.05) is 25.2 Å². The highest BCUT2D eigenvalue weighted by atomic mass is 16.7. The average Bonchev–Trinajstić information content (AvgIpc) is 3.30. The second-order valence-corrected chi connectivity index (χ2v) is 13.6. The lowest BCUT2D eigenvalue weighted by Crippen LogP contribution is -2.58. The van der Waals surface area contributed by atoms with Gasteiger partial charge in [-0.3, -0.25) is 4.79 Å². The van der Waals surface area contributed by atoms with Gasteiger partial charge in [-0.25, -0.2) is 0 Å². The lowest BCUT2D eigenvalue weighted by Gasteiger charge is -2.51. The molecule has 5 rings (SSSR count). The summed E-state index contributed by atoms with van der Waals surface area (Å²) in [6, 6.07) is 0. The lowest BCUT2D eigenvalue weighted by atomic mass is 9.71. The molecule has 3 fully saturated rings. The Balaban J connectivity index is 1.53. The molecule has 0 aromatic carbocycles. The number of esters is 1. The van der Waals surface area contributed by atoms with Crippen molar-refractivity contribution in [2.75, 3.05) is 6.61 Å². The van der Waals surface area contributed by atoms with Crippen LogP contribution in [-0.2, 0) is 23.7 Å². The van der Waals surface area contributed by atoms with E-state index in [-0.39, 0.29) is 24.7 Å². The molecule has 3 N–H and O–H groups in total. The van der Waals surface area contributed by atoms with Gasteiger partial charge in [0.15, 0.2) is 5.79 Å². The molecule has 12 atom stereocenters. The Morgan fingerprint density at radius 1 is 1.10 bits per heavy atom. The van der Waals surface area contributed by atoms with Gasteiger partial charge in [-0.05, 0) is 55.2 Å². The highest BCUT2D eigenvalue weighted by molar-refractivity contribution is 5.78. The predicted octanol–water partition coefficient (Wildman–Crippen LogP) is 4.53. The SMILES string of the molecule is CC[C@H](C)[C@H]1O[C@]2(CC[C@@H]1C)C[C@@H]1C[C@@H](C/C=C(\C)[C@@H](O)[C@@H](C)/C=C/C=C3\CO[C@@H]4[C@H](O)C(C)=C[C@@H](C(=O)O1)[C@@]34O)O2. The first kappa shape index (κ1) is 31.6. The monoisotopic (exact) mass is 586 g/mol. The standard InChI is InChI=1S/C34H50O8/c1-7-19(2)30-22(5)13-14-33(42-30)17-26-16-25(41-33)12-11-21(4)28(35)20(3)9-8-10-24-18-39-31-29(36)23(6)15-27(32(37)40-26)34(24,31)38/h8-11,15,19-20,22,25-31,35-36,38H,7,12-14,16-18H2,1-6H3/b9-8+,21-11+,24-10+/t19-,20-,22-,25+,26-,27-,28-,29+,30+,31+,33+,34-/m0/s1. The number of aliphatic hydroxyl groups is 3. The second-order valence-electron chi connectivity index (χ2n) is 13.6. The van der Waals surface area contributed by atoms with Gasteiger partial charge in [-0.15, -0.1) is 0 Å². The molecule has 0 saturated carbocycles. The molecule has 8 nitrogen and oxygen atoms in total. The largest absolute Gasteiger partial charge is 0.462 e. The van der Waals surface area contributed by atoms with Gasteiger partial charge >= 0.3 is 5.97 Å². The maximum absolute atomic E-state index is 14.0. The van der Waals surface area contributed by atoms with Gasteiger partial charge in [0.05, 0.1) is 24.9 Å². The first-order valence-electron chi connectivity index (χ1n) is 15.9. The molecule has 5 aliphatic rings. The first-order valence-corrected chi connectivity index (χ1v) is 15.9. The van der Waals surface area contributed by atoms with Crippen molar-refractivity contribution in [2.45, 2.75) is 128 Å². The van der Waals surface area contributed by atoms with Gasteiger partial charge in [0.25, 0.3) is 0 Å². The van der Waals surface area contributed by atoms with Crippen LogP contribution in [0.2, 0.25) is 0 Å². The third-order valence-electron chi connectivity index (χ3n) is 10.5. The molecule has 4 heterocycles. The highest BCUT2D eigenvalue weighted by Crippen LogP contribution is 2.47. The summed E-state index contributed by atoms with van der Waals surface area (Å²) in [5.74, 6) is -1.88. The van der Waals surface area contributed by atoms with Gasteiger partial charge in [-0.1, -0.05) is 64.5 Å². The molecule has 0 unspecified atom stereocenters. The predicted molar refractivity (Wildman–Crippen MR) is 158 cm³/mol. The summed E-state index contributed by atoms with van der Waals surface area (Å²) in [7, 11) is 0. The number of carbonyl (C=O) groups is 1. The van der Waals surface area contributed by atoms with E-state index in [1.165, 1.54) is 0 Å². The maximum Gasteiger partial charge on any atom is 0.316 e. The highest BCUT2D eigenvalue weighted by Gasteiger charge is 2.60. The van der Waals surface area contributed by atoms with Crippen LogP contribution in [0.5, 0.6) is 0 Å². The Morgan fingerprint density at radius 2 is 1.86 bits per heavy atom. The number of allylic oxidation sites excluding steroid dienone is 2. The fourth-order valence-corrected chi connectivity index (χ4v) is 7.55. The number of ether oxygens (including phenoxy) is 4. The van der Waals surface area contributed by atoms with Crippen LogP contribution in [0.25, 0.3) is 0 Å². The molecule has 4 aliphatic heterocycles. The lowest BCUT2D eigenvalue weighted by molar-refractivity contribution is -0.340. The van der Waals surface area contributed by atoms with E-state index in [1.54, 1.807) is 25.2 Å². The molecule has 234 valence electrons. The molecule has 2 bridgehead atoms. The molecule has 0 aromatic rings. The molecule has 3 saturated heterocycles. The van der Waals surface area contributed by atoms with Crippen LogP contribution >= 0.6 is 0 Å². The van der Waals surface area contributed by atoms with Crippen LogP contribution in [0.1, 0.15) is 80.1 Å². The third-order valence-corrected chi connectivity index (χ3v) is 10.5. The Bertz CT molecular complexity index is 1140. The third kappa shape index (κ3) is 5.83. The fourth-order valence-electron chi connectivity index (χ4n) is 7.55. The Labute approximate surface area is 250 Å². The number of carbonyl (C=O) groups excluding carboxylic acids is 1. The summed E-state index contributed by atoms with van der Waals surface area (Å²) >= 11 is 0. The van der Waals surface area contributed by atoms with Crippen molar-refractivity contribution in [1.29, 1.82) is 0 Å². The van der Waals surface area contributed by atoms with E-state index in [0.717, 1.165) is 18.4 Å². The van der Waals surface area contributed by atoms with Crippen LogP contribution < -0.4 is 0 Å². The number of fused-ring (bicyclic) bond motifs is 2. The molecule has 0 aromatic heterocycles. The molecule has 8 heteroatoms. The minimum atomic E-state index is -1.75. The molecule has 42 heavy (non-hydrogen) atoms. The van der Waals surface area contributed by atoms with E-state index in [9.17, 15) is 20.1 Å². The topological polar surface area (TPSA) is 115 Å². The molecule has 0 radical (unpaired) electrons. The molecular formula is C34H50O8. The number of aliphatic hydroxyl groups excluding tert-OH is 2. The van der Waals surface area contributed by atoms with Gasteiger partial charge in [-0.2, -0.15) is 0 Å². The number of hydrogen-bond acceptors (Lipinski definition) is 8. The van der Waals surface area contributed by atoms with Gasteiger partial charge < -0.3 is 34.3 Å². The first-order chi connectivity index (χ1) is 19.9. The molecule has 1 spiro atoms. The van der Waals surface area contributed by atoms with Crippen LogP contribution in [0.3, 0.4) is 0 Å². The van der Waals surface area contributed by atoms with Crippen LogP contribution in [0.15, 0.2) is 47.1 Å². The van der Waals surface area contributed by atoms with Crippen molar-refractivity contribution in [2.24, 2.45) is 23.7 Å². The van der Waals surface area contributed by atoms with E-state index in [2.05, 4.69) is 20.8 Å². The Hall–Kier alpha value is -1.81.